The van der Waals surface area contributed by atoms with Crippen LogP contribution in [0.1, 0.15) is 5.76 Å². The van der Waals surface area contributed by atoms with Crippen LogP contribution in [0.2, 0.25) is 0 Å². The monoisotopic (exact) mass is 378 g/mol. The second-order valence-electron chi connectivity index (χ2n) is 6.16. The lowest BCUT2D eigenvalue weighted by Crippen LogP contribution is -2.49. The summed E-state index contributed by atoms with van der Waals surface area (Å²) >= 11 is 0. The fourth-order valence-electron chi connectivity index (χ4n) is 2.87. The van der Waals surface area contributed by atoms with E-state index in [1.807, 2.05) is 6.07 Å². The minimum absolute atomic E-state index is 0.0349. The van der Waals surface area contributed by atoms with Crippen molar-refractivity contribution in [1.29, 1.82) is 0 Å². The van der Waals surface area contributed by atoms with Crippen LogP contribution in [0.5, 0.6) is 0 Å². The zero-order valence-electron chi connectivity index (χ0n) is 14.3. The zero-order chi connectivity index (χ0) is 18.6. The van der Waals surface area contributed by atoms with E-state index in [0.29, 0.717) is 13.1 Å². The Labute approximate surface area is 152 Å². The molecule has 1 aromatic carbocycles. The second-order valence-corrected chi connectivity index (χ2v) is 7.72. The van der Waals surface area contributed by atoms with Gasteiger partial charge in [0.15, 0.2) is 0 Å². The van der Waals surface area contributed by atoms with Gasteiger partial charge in [0.05, 0.1) is 24.2 Å². The summed E-state index contributed by atoms with van der Waals surface area (Å²) in [5.74, 6) is 0.693. The Morgan fingerprint density at radius 1 is 1.12 bits per heavy atom. The largest absolute Gasteiger partial charge is 0.467 e. The highest BCUT2D eigenvalue weighted by atomic mass is 32.2. The van der Waals surface area contributed by atoms with E-state index in [1.165, 1.54) is 12.1 Å². The minimum Gasteiger partial charge on any atom is -0.467 e. The summed E-state index contributed by atoms with van der Waals surface area (Å²) in [7, 11) is -3.67. The van der Waals surface area contributed by atoms with E-state index in [-0.39, 0.29) is 10.8 Å². The third kappa shape index (κ3) is 4.84. The lowest BCUT2D eigenvalue weighted by molar-refractivity contribution is -0.122. The van der Waals surface area contributed by atoms with E-state index >= 15 is 0 Å². The predicted molar refractivity (Wildman–Crippen MR) is 97.0 cm³/mol. The first-order valence-corrected chi connectivity index (χ1v) is 9.86. The predicted octanol–water partition coefficient (Wildman–Crippen LogP) is 0.365. The van der Waals surface area contributed by atoms with E-state index in [0.717, 1.165) is 37.6 Å². The van der Waals surface area contributed by atoms with E-state index in [9.17, 15) is 13.2 Å². The molecule has 3 N–H and O–H groups in total. The summed E-state index contributed by atoms with van der Waals surface area (Å²) in [5.41, 5.74) is 0.944. The fraction of sp³-hybridized carbons (Fsp3) is 0.353. The average Bonchev–Trinajstić information content (AvgIpc) is 3.14. The van der Waals surface area contributed by atoms with Gasteiger partial charge in [0.2, 0.25) is 15.9 Å². The van der Waals surface area contributed by atoms with Crippen molar-refractivity contribution in [2.45, 2.75) is 11.4 Å². The zero-order valence-corrected chi connectivity index (χ0v) is 15.1. The van der Waals surface area contributed by atoms with Crippen LogP contribution in [0.3, 0.4) is 0 Å². The van der Waals surface area contributed by atoms with Gasteiger partial charge in [0.25, 0.3) is 0 Å². The number of piperazine rings is 1. The molecule has 1 fully saturated rings. The summed E-state index contributed by atoms with van der Waals surface area (Å²) in [6, 6.07) is 10.1. The minimum atomic E-state index is -3.67. The number of anilines is 1. The Hall–Kier alpha value is -2.36. The van der Waals surface area contributed by atoms with Crippen molar-refractivity contribution in [2.75, 3.05) is 37.6 Å². The molecule has 0 aliphatic carbocycles. The van der Waals surface area contributed by atoms with E-state index in [2.05, 4.69) is 15.1 Å². The maximum atomic E-state index is 12.0. The van der Waals surface area contributed by atoms with Crippen LogP contribution in [0, 0.1) is 0 Å². The van der Waals surface area contributed by atoms with Crippen molar-refractivity contribution in [3.8, 4) is 0 Å². The van der Waals surface area contributed by atoms with E-state index in [1.54, 1.807) is 24.5 Å². The standard InChI is InChI=1S/C17H22N4O4S/c18-26(23,24)16-5-3-14(4-6-16)21-9-7-20(8-10-21)13-17(22)19-12-15-2-1-11-25-15/h1-6,11H,7-10,12-13H2,(H,19,22)(H2,18,23,24). The summed E-state index contributed by atoms with van der Waals surface area (Å²) in [5, 5.41) is 7.95. The Bertz CT molecular complexity index is 826. The molecule has 0 spiro atoms. The Morgan fingerprint density at radius 3 is 2.38 bits per heavy atom. The normalized spacial score (nSPS) is 15.8. The van der Waals surface area contributed by atoms with Crippen molar-refractivity contribution >= 4 is 21.6 Å². The number of sulfonamides is 1. The number of furan rings is 1. The molecule has 1 amide bonds. The van der Waals surface area contributed by atoms with Crippen LogP contribution in [-0.2, 0) is 21.4 Å². The van der Waals surface area contributed by atoms with Gasteiger partial charge < -0.3 is 14.6 Å². The first kappa shape index (κ1) is 18.4. The number of primary sulfonamides is 1. The number of nitrogens with one attached hydrogen (secondary N) is 1. The molecule has 1 aliphatic rings. The van der Waals surface area contributed by atoms with Crippen LogP contribution < -0.4 is 15.4 Å². The van der Waals surface area contributed by atoms with Gasteiger partial charge in [-0.15, -0.1) is 0 Å². The Morgan fingerprint density at radius 2 is 1.81 bits per heavy atom. The maximum Gasteiger partial charge on any atom is 0.238 e. The first-order chi connectivity index (χ1) is 12.4. The van der Waals surface area contributed by atoms with Gasteiger partial charge in [0.1, 0.15) is 5.76 Å². The maximum absolute atomic E-state index is 12.0. The van der Waals surface area contributed by atoms with Gasteiger partial charge in [-0.25, -0.2) is 13.6 Å². The molecule has 3 rings (SSSR count). The molecule has 2 heterocycles. The number of benzene rings is 1. The number of carbonyl (C=O) groups is 1. The summed E-state index contributed by atoms with van der Waals surface area (Å²) in [6.07, 6.45) is 1.58. The van der Waals surface area contributed by atoms with Gasteiger partial charge in [-0.1, -0.05) is 0 Å². The molecule has 0 unspecified atom stereocenters. The second kappa shape index (κ2) is 7.90. The number of nitrogens with two attached hydrogens (primary N) is 1. The van der Waals surface area contributed by atoms with Crippen molar-refractivity contribution in [1.82, 2.24) is 10.2 Å². The molecule has 9 heteroatoms. The first-order valence-electron chi connectivity index (χ1n) is 8.31. The number of hydrogen-bond donors (Lipinski definition) is 2. The molecular weight excluding hydrogens is 356 g/mol. The molecular formula is C17H22N4O4S. The highest BCUT2D eigenvalue weighted by Crippen LogP contribution is 2.18. The van der Waals surface area contributed by atoms with E-state index < -0.39 is 10.0 Å². The number of amides is 1. The van der Waals surface area contributed by atoms with Crippen molar-refractivity contribution in [3.63, 3.8) is 0 Å². The fourth-order valence-corrected chi connectivity index (χ4v) is 3.38. The molecule has 1 saturated heterocycles. The van der Waals surface area contributed by atoms with Gasteiger partial charge in [-0.05, 0) is 36.4 Å². The van der Waals surface area contributed by atoms with Gasteiger partial charge >= 0.3 is 0 Å². The molecule has 2 aromatic rings. The number of carbonyl (C=O) groups excluding carboxylic acids is 1. The smallest absolute Gasteiger partial charge is 0.238 e. The number of nitrogens with zero attached hydrogens (tertiary/aromatic N) is 2. The van der Waals surface area contributed by atoms with Gasteiger partial charge in [-0.2, -0.15) is 0 Å². The topological polar surface area (TPSA) is 109 Å². The van der Waals surface area contributed by atoms with Crippen molar-refractivity contribution in [2.24, 2.45) is 5.14 Å². The molecule has 0 saturated carbocycles. The molecule has 0 atom stereocenters. The highest BCUT2D eigenvalue weighted by Gasteiger charge is 2.19. The van der Waals surface area contributed by atoms with E-state index in [4.69, 9.17) is 9.56 Å². The quantitative estimate of drug-likeness (QED) is 0.752. The molecule has 26 heavy (non-hydrogen) atoms. The van der Waals surface area contributed by atoms with Crippen LogP contribution in [0.25, 0.3) is 0 Å². The molecule has 1 aliphatic heterocycles. The van der Waals surface area contributed by atoms with Gasteiger partial charge in [0, 0.05) is 31.9 Å². The van der Waals surface area contributed by atoms with Crippen molar-refractivity contribution in [3.05, 3.63) is 48.4 Å². The molecule has 0 radical (unpaired) electrons. The SMILES string of the molecule is NS(=O)(=O)c1ccc(N2CCN(CC(=O)NCc3ccco3)CC2)cc1. The number of rotatable bonds is 6. The van der Waals surface area contributed by atoms with Crippen LogP contribution in [0.4, 0.5) is 5.69 Å². The molecule has 8 nitrogen and oxygen atoms in total. The summed E-state index contributed by atoms with van der Waals surface area (Å²) in [4.78, 5) is 16.4. The molecule has 140 valence electrons. The van der Waals surface area contributed by atoms with Crippen LogP contribution in [-0.4, -0.2) is 51.9 Å². The van der Waals surface area contributed by atoms with Crippen LogP contribution >= 0.6 is 0 Å². The summed E-state index contributed by atoms with van der Waals surface area (Å²) in [6.45, 7) is 3.78. The lowest BCUT2D eigenvalue weighted by Gasteiger charge is -2.35. The number of hydrogen-bond acceptors (Lipinski definition) is 6. The molecule has 0 bridgehead atoms. The highest BCUT2D eigenvalue weighted by molar-refractivity contribution is 7.89. The van der Waals surface area contributed by atoms with Gasteiger partial charge in [-0.3, -0.25) is 9.69 Å². The lowest BCUT2D eigenvalue weighted by atomic mass is 10.2. The molecule has 1 aromatic heterocycles. The third-order valence-electron chi connectivity index (χ3n) is 4.31. The van der Waals surface area contributed by atoms with Crippen molar-refractivity contribution < 1.29 is 17.6 Å². The Balaban J connectivity index is 1.45. The van der Waals surface area contributed by atoms with Crippen LogP contribution in [0.15, 0.2) is 52.0 Å². The Kier molecular flexibility index (Phi) is 5.60. The third-order valence-corrected chi connectivity index (χ3v) is 5.24. The summed E-state index contributed by atoms with van der Waals surface area (Å²) < 4.78 is 27.8. The average molecular weight is 378 g/mol.